The van der Waals surface area contributed by atoms with E-state index in [1.165, 1.54) is 12.8 Å². The summed E-state index contributed by atoms with van der Waals surface area (Å²) < 4.78 is 1.08. The number of aromatic nitrogens is 1. The van der Waals surface area contributed by atoms with Crippen LogP contribution in [0, 0.1) is 9.49 Å². The summed E-state index contributed by atoms with van der Waals surface area (Å²) in [5, 5.41) is 2.80. The quantitative estimate of drug-likeness (QED) is 0.871. The Balaban J connectivity index is 1.92. The normalized spacial score (nSPS) is 15.2. The Morgan fingerprint density at radius 1 is 1.64 bits per heavy atom. The van der Waals surface area contributed by atoms with Gasteiger partial charge in [-0.3, -0.25) is 4.79 Å². The van der Waals surface area contributed by atoms with Gasteiger partial charge in [-0.1, -0.05) is 0 Å². The van der Waals surface area contributed by atoms with Gasteiger partial charge in [-0.05, 0) is 53.5 Å². The molecule has 1 aromatic heterocycles. The van der Waals surface area contributed by atoms with E-state index in [4.69, 9.17) is 0 Å². The van der Waals surface area contributed by atoms with Crippen LogP contribution in [0.1, 0.15) is 19.3 Å². The number of carbonyl (C=O) groups excluding carboxylic acids is 1. The predicted octanol–water partition coefficient (Wildman–Crippen LogP) is 2.42. The van der Waals surface area contributed by atoms with Crippen LogP contribution in [0.5, 0.6) is 0 Å². The first-order chi connectivity index (χ1) is 6.74. The van der Waals surface area contributed by atoms with Crippen molar-refractivity contribution in [1.29, 1.82) is 0 Å². The number of nitrogens with zero attached hydrogens (tertiary/aromatic N) is 1. The summed E-state index contributed by atoms with van der Waals surface area (Å²) in [5.74, 6) is 1.36. The monoisotopic (exact) mass is 302 g/mol. The van der Waals surface area contributed by atoms with E-state index in [1.54, 1.807) is 6.20 Å². The average Bonchev–Trinajstić information content (AvgIpc) is 2.87. The van der Waals surface area contributed by atoms with E-state index in [-0.39, 0.29) is 5.91 Å². The fourth-order valence-corrected chi connectivity index (χ4v) is 1.71. The van der Waals surface area contributed by atoms with Crippen LogP contribution in [-0.2, 0) is 4.79 Å². The molecule has 14 heavy (non-hydrogen) atoms. The summed E-state index contributed by atoms with van der Waals surface area (Å²) in [5.41, 5.74) is 0. The SMILES string of the molecule is O=C(CC1CC1)Nc1cc(I)ccn1. The number of hydrogen-bond acceptors (Lipinski definition) is 2. The summed E-state index contributed by atoms with van der Waals surface area (Å²) in [6, 6.07) is 3.77. The molecule has 1 aliphatic rings. The van der Waals surface area contributed by atoms with Crippen LogP contribution >= 0.6 is 22.6 Å². The molecule has 1 aliphatic carbocycles. The molecule has 2 rings (SSSR count). The van der Waals surface area contributed by atoms with E-state index >= 15 is 0 Å². The number of nitrogens with one attached hydrogen (secondary N) is 1. The lowest BCUT2D eigenvalue weighted by atomic mass is 10.3. The Labute approximate surface area is 96.4 Å². The number of halogens is 1. The van der Waals surface area contributed by atoms with Crippen molar-refractivity contribution in [2.45, 2.75) is 19.3 Å². The van der Waals surface area contributed by atoms with Crippen molar-refractivity contribution in [3.05, 3.63) is 21.9 Å². The molecular formula is C10H11IN2O. The average molecular weight is 302 g/mol. The first kappa shape index (κ1) is 9.89. The topological polar surface area (TPSA) is 42.0 Å². The summed E-state index contributed by atoms with van der Waals surface area (Å²) in [6.45, 7) is 0. The van der Waals surface area contributed by atoms with Gasteiger partial charge in [-0.15, -0.1) is 0 Å². The lowest BCUT2D eigenvalue weighted by molar-refractivity contribution is -0.116. The van der Waals surface area contributed by atoms with Gasteiger partial charge in [0.1, 0.15) is 5.82 Å². The van der Waals surface area contributed by atoms with Crippen LogP contribution in [0.25, 0.3) is 0 Å². The zero-order chi connectivity index (χ0) is 9.97. The van der Waals surface area contributed by atoms with E-state index in [1.807, 2.05) is 12.1 Å². The van der Waals surface area contributed by atoms with Crippen LogP contribution < -0.4 is 5.32 Å². The first-order valence-corrected chi connectivity index (χ1v) is 5.73. The van der Waals surface area contributed by atoms with Gasteiger partial charge in [0.25, 0.3) is 0 Å². The molecule has 1 fully saturated rings. The number of pyridine rings is 1. The van der Waals surface area contributed by atoms with E-state index in [9.17, 15) is 4.79 Å². The lowest BCUT2D eigenvalue weighted by Crippen LogP contribution is -2.12. The third kappa shape index (κ3) is 2.94. The third-order valence-electron chi connectivity index (χ3n) is 2.16. The van der Waals surface area contributed by atoms with Crippen molar-refractivity contribution < 1.29 is 4.79 Å². The minimum atomic E-state index is 0.0852. The molecule has 1 N–H and O–H groups in total. The van der Waals surface area contributed by atoms with Crippen LogP contribution in [0.4, 0.5) is 5.82 Å². The second kappa shape index (κ2) is 4.25. The van der Waals surface area contributed by atoms with Crippen LogP contribution in [-0.4, -0.2) is 10.9 Å². The van der Waals surface area contributed by atoms with E-state index in [0.29, 0.717) is 18.2 Å². The minimum absolute atomic E-state index is 0.0852. The Kier molecular flexibility index (Phi) is 3.00. The van der Waals surface area contributed by atoms with Crippen molar-refractivity contribution in [1.82, 2.24) is 4.98 Å². The van der Waals surface area contributed by atoms with Gasteiger partial charge >= 0.3 is 0 Å². The highest BCUT2D eigenvalue weighted by molar-refractivity contribution is 14.1. The van der Waals surface area contributed by atoms with Crippen molar-refractivity contribution in [3.8, 4) is 0 Å². The van der Waals surface area contributed by atoms with Gasteiger partial charge < -0.3 is 5.32 Å². The molecule has 74 valence electrons. The number of hydrogen-bond donors (Lipinski definition) is 1. The molecular weight excluding hydrogens is 291 g/mol. The first-order valence-electron chi connectivity index (χ1n) is 4.65. The second-order valence-electron chi connectivity index (χ2n) is 3.55. The lowest BCUT2D eigenvalue weighted by Gasteiger charge is -2.03. The standard InChI is InChI=1S/C10H11IN2O/c11-8-3-4-12-9(6-8)13-10(14)5-7-1-2-7/h3-4,6-7H,1-2,5H2,(H,12,13,14). The van der Waals surface area contributed by atoms with Gasteiger partial charge in [0.05, 0.1) is 0 Å². The molecule has 0 saturated heterocycles. The number of rotatable bonds is 3. The summed E-state index contributed by atoms with van der Waals surface area (Å²) in [6.07, 6.45) is 4.75. The largest absolute Gasteiger partial charge is 0.311 e. The molecule has 1 amide bonds. The van der Waals surface area contributed by atoms with Crippen molar-refractivity contribution in [3.63, 3.8) is 0 Å². The summed E-state index contributed by atoms with van der Waals surface area (Å²) in [4.78, 5) is 15.5. The molecule has 0 aromatic carbocycles. The maximum atomic E-state index is 11.4. The van der Waals surface area contributed by atoms with E-state index in [0.717, 1.165) is 3.57 Å². The Bertz CT molecular complexity index is 350. The molecule has 0 aliphatic heterocycles. The molecule has 0 spiro atoms. The fourth-order valence-electron chi connectivity index (χ4n) is 1.25. The molecule has 0 bridgehead atoms. The van der Waals surface area contributed by atoms with Gasteiger partial charge in [0.15, 0.2) is 0 Å². The zero-order valence-electron chi connectivity index (χ0n) is 7.66. The number of carbonyl (C=O) groups is 1. The fraction of sp³-hybridized carbons (Fsp3) is 0.400. The maximum absolute atomic E-state index is 11.4. The van der Waals surface area contributed by atoms with Gasteiger partial charge in [-0.25, -0.2) is 4.98 Å². The zero-order valence-corrected chi connectivity index (χ0v) is 9.82. The van der Waals surface area contributed by atoms with Gasteiger partial charge in [0.2, 0.25) is 5.91 Å². The number of amides is 1. The Morgan fingerprint density at radius 3 is 3.07 bits per heavy atom. The minimum Gasteiger partial charge on any atom is -0.311 e. The van der Waals surface area contributed by atoms with Crippen molar-refractivity contribution in [2.75, 3.05) is 5.32 Å². The third-order valence-corrected chi connectivity index (χ3v) is 2.83. The Hall–Kier alpha value is -0.650. The second-order valence-corrected chi connectivity index (χ2v) is 4.80. The van der Waals surface area contributed by atoms with Crippen molar-refractivity contribution >= 4 is 34.3 Å². The molecule has 3 nitrogen and oxygen atoms in total. The van der Waals surface area contributed by atoms with E-state index in [2.05, 4.69) is 32.9 Å². The van der Waals surface area contributed by atoms with Crippen LogP contribution in [0.15, 0.2) is 18.3 Å². The summed E-state index contributed by atoms with van der Waals surface area (Å²) in [7, 11) is 0. The van der Waals surface area contributed by atoms with E-state index < -0.39 is 0 Å². The van der Waals surface area contributed by atoms with Gasteiger partial charge in [0, 0.05) is 16.2 Å². The highest BCUT2D eigenvalue weighted by Gasteiger charge is 2.24. The van der Waals surface area contributed by atoms with Gasteiger partial charge in [-0.2, -0.15) is 0 Å². The summed E-state index contributed by atoms with van der Waals surface area (Å²) >= 11 is 2.20. The highest BCUT2D eigenvalue weighted by Crippen LogP contribution is 2.32. The molecule has 0 atom stereocenters. The molecule has 0 radical (unpaired) electrons. The number of anilines is 1. The smallest absolute Gasteiger partial charge is 0.225 e. The molecule has 4 heteroatoms. The Morgan fingerprint density at radius 2 is 2.43 bits per heavy atom. The molecule has 1 saturated carbocycles. The highest BCUT2D eigenvalue weighted by atomic mass is 127. The van der Waals surface area contributed by atoms with Crippen molar-refractivity contribution in [2.24, 2.45) is 5.92 Å². The van der Waals surface area contributed by atoms with Crippen LogP contribution in [0.2, 0.25) is 0 Å². The molecule has 1 heterocycles. The maximum Gasteiger partial charge on any atom is 0.225 e. The predicted molar refractivity (Wildman–Crippen MR) is 62.9 cm³/mol. The van der Waals surface area contributed by atoms with Crippen LogP contribution in [0.3, 0.4) is 0 Å². The molecule has 1 aromatic rings. The molecule has 0 unspecified atom stereocenters.